The number of hydrogen-bond donors (Lipinski definition) is 1. The third kappa shape index (κ3) is 4.45. The Hall–Kier alpha value is -2.56. The van der Waals surface area contributed by atoms with E-state index in [1.54, 1.807) is 25.1 Å². The third-order valence-electron chi connectivity index (χ3n) is 3.41. The molecule has 0 heterocycles. The van der Waals surface area contributed by atoms with E-state index in [0.717, 1.165) is 11.1 Å². The Morgan fingerprint density at radius 3 is 2.48 bits per heavy atom. The van der Waals surface area contributed by atoms with Gasteiger partial charge in [0.25, 0.3) is 6.43 Å². The first-order valence-corrected chi connectivity index (χ1v) is 6.96. The molecule has 1 aromatic carbocycles. The second-order valence-corrected chi connectivity index (χ2v) is 4.88. The van der Waals surface area contributed by atoms with Gasteiger partial charge in [0.15, 0.2) is 0 Å². The zero-order valence-corrected chi connectivity index (χ0v) is 13.7. The number of aryl methyl sites for hydroxylation is 1. The summed E-state index contributed by atoms with van der Waals surface area (Å²) >= 11 is 0. The minimum absolute atomic E-state index is 0.271. The van der Waals surface area contributed by atoms with Crippen LogP contribution in [0.1, 0.15) is 11.1 Å². The van der Waals surface area contributed by atoms with Crippen molar-refractivity contribution >= 4 is 11.8 Å². The molecule has 23 heavy (non-hydrogen) atoms. The Bertz CT molecular complexity index is 636. The lowest BCUT2D eigenvalue weighted by atomic mass is 10.1. The molecule has 0 fully saturated rings. The summed E-state index contributed by atoms with van der Waals surface area (Å²) in [5.74, 6) is 0.625. The number of halogens is 2. The highest BCUT2D eigenvalue weighted by atomic mass is 19.3. The van der Waals surface area contributed by atoms with Crippen molar-refractivity contribution in [3.63, 3.8) is 0 Å². The number of rotatable bonds is 8. The van der Waals surface area contributed by atoms with Gasteiger partial charge in [-0.05, 0) is 42.5 Å². The Balaban J connectivity index is 3.24. The smallest absolute Gasteiger partial charge is 0.278 e. The fourth-order valence-corrected chi connectivity index (χ4v) is 2.05. The molecule has 1 N–H and O–H groups in total. The molecule has 0 bridgehead atoms. The van der Waals surface area contributed by atoms with Gasteiger partial charge < -0.3 is 15.0 Å². The molecule has 1 aromatic rings. The maximum atomic E-state index is 13.0. The molecule has 0 saturated carbocycles. The van der Waals surface area contributed by atoms with Gasteiger partial charge in [0.2, 0.25) is 0 Å². The quantitative estimate of drug-likeness (QED) is 0.715. The summed E-state index contributed by atoms with van der Waals surface area (Å²) in [4.78, 5) is 1.68. The molecular formula is C18H22F2N2O. The summed E-state index contributed by atoms with van der Waals surface area (Å²) in [7, 11) is 3.29. The van der Waals surface area contributed by atoms with Crippen LogP contribution < -0.4 is 15.0 Å². The van der Waals surface area contributed by atoms with Crippen LogP contribution in [0.3, 0.4) is 0 Å². The van der Waals surface area contributed by atoms with Gasteiger partial charge >= 0.3 is 0 Å². The SMILES string of the molecule is C=CN/C(=C\C(=C)N(C)c1cc(C=C)c(C)cc1OC)C(F)F. The van der Waals surface area contributed by atoms with Crippen molar-refractivity contribution in [3.05, 3.63) is 66.7 Å². The highest BCUT2D eigenvalue weighted by Gasteiger charge is 2.15. The van der Waals surface area contributed by atoms with Crippen LogP contribution in [0.25, 0.3) is 6.08 Å². The van der Waals surface area contributed by atoms with E-state index in [9.17, 15) is 8.78 Å². The van der Waals surface area contributed by atoms with Crippen LogP contribution >= 0.6 is 0 Å². The van der Waals surface area contributed by atoms with Gasteiger partial charge in [0, 0.05) is 12.7 Å². The molecule has 1 rings (SSSR count). The molecule has 0 saturated heterocycles. The first-order chi connectivity index (χ1) is 10.8. The molecule has 0 aliphatic heterocycles. The van der Waals surface area contributed by atoms with Gasteiger partial charge in [-0.3, -0.25) is 0 Å². The average Bonchev–Trinajstić information content (AvgIpc) is 2.53. The van der Waals surface area contributed by atoms with E-state index in [-0.39, 0.29) is 5.70 Å². The number of likely N-dealkylation sites (N-methyl/N-ethyl adjacent to an activating group) is 1. The summed E-state index contributed by atoms with van der Waals surface area (Å²) in [5.41, 5.74) is 2.76. The zero-order valence-electron chi connectivity index (χ0n) is 13.7. The van der Waals surface area contributed by atoms with Crippen LogP contribution in [0.15, 0.2) is 55.5 Å². The Morgan fingerprint density at radius 2 is 2.00 bits per heavy atom. The zero-order chi connectivity index (χ0) is 17.6. The van der Waals surface area contributed by atoms with Crippen LogP contribution in [-0.4, -0.2) is 20.6 Å². The third-order valence-corrected chi connectivity index (χ3v) is 3.41. The van der Waals surface area contributed by atoms with Crippen molar-refractivity contribution < 1.29 is 13.5 Å². The molecule has 0 aliphatic carbocycles. The van der Waals surface area contributed by atoms with Gasteiger partial charge in [-0.15, -0.1) is 0 Å². The fourth-order valence-electron chi connectivity index (χ4n) is 2.05. The summed E-state index contributed by atoms with van der Waals surface area (Å²) < 4.78 is 31.3. The molecule has 3 nitrogen and oxygen atoms in total. The van der Waals surface area contributed by atoms with Crippen molar-refractivity contribution in [1.82, 2.24) is 5.32 Å². The van der Waals surface area contributed by atoms with Crippen molar-refractivity contribution in [3.8, 4) is 5.75 Å². The summed E-state index contributed by atoms with van der Waals surface area (Å²) in [5, 5.41) is 2.42. The summed E-state index contributed by atoms with van der Waals surface area (Å²) in [6, 6.07) is 3.75. The number of alkyl halides is 2. The van der Waals surface area contributed by atoms with E-state index in [1.165, 1.54) is 12.3 Å². The molecule has 0 atom stereocenters. The van der Waals surface area contributed by atoms with Crippen LogP contribution in [0.2, 0.25) is 0 Å². The normalized spacial score (nSPS) is 11.1. The topological polar surface area (TPSA) is 24.5 Å². The van der Waals surface area contributed by atoms with Gasteiger partial charge in [0.1, 0.15) is 5.75 Å². The van der Waals surface area contributed by atoms with Gasteiger partial charge in [-0.1, -0.05) is 25.8 Å². The Kier molecular flexibility index (Phi) is 6.57. The predicted molar refractivity (Wildman–Crippen MR) is 92.8 cm³/mol. The highest BCUT2D eigenvalue weighted by molar-refractivity contribution is 5.69. The first-order valence-electron chi connectivity index (χ1n) is 6.96. The van der Waals surface area contributed by atoms with Crippen molar-refractivity contribution in [2.45, 2.75) is 13.3 Å². The number of allylic oxidation sites excluding steroid dienone is 2. The van der Waals surface area contributed by atoms with Crippen molar-refractivity contribution in [1.29, 1.82) is 0 Å². The Labute approximate surface area is 136 Å². The van der Waals surface area contributed by atoms with Crippen molar-refractivity contribution in [2.75, 3.05) is 19.1 Å². The lowest BCUT2D eigenvalue weighted by molar-refractivity contribution is 0.183. The lowest BCUT2D eigenvalue weighted by Gasteiger charge is -2.24. The van der Waals surface area contributed by atoms with Crippen LogP contribution in [0.4, 0.5) is 14.5 Å². The second-order valence-electron chi connectivity index (χ2n) is 4.88. The van der Waals surface area contributed by atoms with E-state index in [1.807, 2.05) is 19.1 Å². The molecule has 0 unspecified atom stereocenters. The summed E-state index contributed by atoms with van der Waals surface area (Å²) in [6.45, 7) is 13.0. The number of benzene rings is 1. The molecule has 0 aromatic heterocycles. The van der Waals surface area contributed by atoms with Gasteiger partial charge in [-0.2, -0.15) is 0 Å². The molecule has 0 spiro atoms. The maximum Gasteiger partial charge on any atom is 0.278 e. The van der Waals surface area contributed by atoms with E-state index in [0.29, 0.717) is 17.1 Å². The number of hydrogen-bond acceptors (Lipinski definition) is 3. The molecule has 0 amide bonds. The molecule has 0 radical (unpaired) electrons. The number of nitrogens with zero attached hydrogens (tertiary/aromatic N) is 1. The minimum atomic E-state index is -2.65. The molecule has 0 aliphatic rings. The highest BCUT2D eigenvalue weighted by Crippen LogP contribution is 2.33. The van der Waals surface area contributed by atoms with E-state index in [2.05, 4.69) is 25.1 Å². The average molecular weight is 320 g/mol. The molecular weight excluding hydrogens is 298 g/mol. The number of anilines is 1. The maximum absolute atomic E-state index is 13.0. The van der Waals surface area contributed by atoms with Crippen LogP contribution in [0.5, 0.6) is 5.75 Å². The molecule has 124 valence electrons. The van der Waals surface area contributed by atoms with Gasteiger partial charge in [0.05, 0.1) is 18.5 Å². The minimum Gasteiger partial charge on any atom is -0.495 e. The van der Waals surface area contributed by atoms with Gasteiger partial charge in [-0.25, -0.2) is 8.78 Å². The second kappa shape index (κ2) is 8.17. The van der Waals surface area contributed by atoms with E-state index >= 15 is 0 Å². The van der Waals surface area contributed by atoms with Crippen LogP contribution in [-0.2, 0) is 0 Å². The predicted octanol–water partition coefficient (Wildman–Crippen LogP) is 4.48. The van der Waals surface area contributed by atoms with E-state index < -0.39 is 6.43 Å². The Morgan fingerprint density at radius 1 is 1.35 bits per heavy atom. The number of methoxy groups -OCH3 is 1. The number of nitrogens with one attached hydrogen (secondary N) is 1. The lowest BCUT2D eigenvalue weighted by Crippen LogP contribution is -2.19. The fraction of sp³-hybridized carbons (Fsp3) is 0.222. The largest absolute Gasteiger partial charge is 0.495 e. The monoisotopic (exact) mass is 320 g/mol. The number of ether oxygens (including phenoxy) is 1. The molecule has 5 heteroatoms. The standard InChI is InChI=1S/C18H22F2N2O/c1-7-14-11-16(17(23-6)9-12(14)3)22(5)13(4)10-15(18(19)20)21-8-2/h7-11,18,21H,1-2,4H2,3,5-6H3/b15-10-. The first kappa shape index (κ1) is 18.5. The van der Waals surface area contributed by atoms with Crippen molar-refractivity contribution in [2.24, 2.45) is 0 Å². The van der Waals surface area contributed by atoms with E-state index in [4.69, 9.17) is 4.74 Å². The summed E-state index contributed by atoms with van der Waals surface area (Å²) in [6.07, 6.45) is 1.56. The van der Waals surface area contributed by atoms with Crippen LogP contribution in [0, 0.1) is 6.92 Å².